The van der Waals surface area contributed by atoms with Crippen LogP contribution in [-0.4, -0.2) is 29.8 Å². The Hall–Kier alpha value is -0.370. The molecule has 1 saturated heterocycles. The molecule has 0 spiro atoms. The maximum atomic E-state index is 11.3. The number of hydrogen-bond donors (Lipinski definition) is 0. The van der Waals surface area contributed by atoms with Crippen molar-refractivity contribution in [2.75, 3.05) is 13.1 Å². The van der Waals surface area contributed by atoms with Crippen LogP contribution >= 0.6 is 0 Å². The molecule has 0 atom stereocenters. The average molecular weight is 223 g/mol. The Bertz CT molecular complexity index is 235. The Labute approximate surface area is 99.4 Å². The molecule has 0 amide bonds. The van der Waals surface area contributed by atoms with Gasteiger partial charge in [-0.3, -0.25) is 4.79 Å². The van der Waals surface area contributed by atoms with Crippen molar-refractivity contribution in [2.24, 2.45) is 11.8 Å². The van der Waals surface area contributed by atoms with Gasteiger partial charge in [0.2, 0.25) is 0 Å². The number of Topliss-reactive ketones (excluding diaryl/α,β-unsaturated/α-hetero) is 1. The zero-order chi connectivity index (χ0) is 11.5. The van der Waals surface area contributed by atoms with E-state index >= 15 is 0 Å². The topological polar surface area (TPSA) is 20.3 Å². The molecule has 2 aliphatic rings. The first-order chi connectivity index (χ1) is 7.66. The summed E-state index contributed by atoms with van der Waals surface area (Å²) in [4.78, 5) is 14.0. The van der Waals surface area contributed by atoms with Crippen LogP contribution < -0.4 is 0 Å². The third-order valence-electron chi connectivity index (χ3n) is 4.61. The lowest BCUT2D eigenvalue weighted by molar-refractivity contribution is -0.122. The molecular weight excluding hydrogens is 198 g/mol. The fourth-order valence-corrected chi connectivity index (χ4v) is 3.28. The predicted octanol–water partition coefficient (Wildman–Crippen LogP) is 2.87. The van der Waals surface area contributed by atoms with Crippen LogP contribution in [-0.2, 0) is 4.79 Å². The van der Waals surface area contributed by atoms with Crippen molar-refractivity contribution < 1.29 is 4.79 Å². The highest BCUT2D eigenvalue weighted by Crippen LogP contribution is 2.29. The first-order valence-electron chi connectivity index (χ1n) is 6.91. The average Bonchev–Trinajstić information content (AvgIpc) is 2.30. The highest BCUT2D eigenvalue weighted by atomic mass is 16.1. The van der Waals surface area contributed by atoms with Crippen molar-refractivity contribution in [3.8, 4) is 0 Å². The van der Waals surface area contributed by atoms with Gasteiger partial charge in [0.25, 0.3) is 0 Å². The summed E-state index contributed by atoms with van der Waals surface area (Å²) in [6.45, 7) is 6.44. The molecule has 0 N–H and O–H groups in total. The summed E-state index contributed by atoms with van der Waals surface area (Å²) in [5.74, 6) is 1.70. The lowest BCUT2D eigenvalue weighted by Gasteiger charge is -2.40. The van der Waals surface area contributed by atoms with Crippen LogP contribution in [0.4, 0.5) is 0 Å². The van der Waals surface area contributed by atoms with Crippen LogP contribution in [0.15, 0.2) is 0 Å². The normalized spacial score (nSPS) is 33.9. The van der Waals surface area contributed by atoms with E-state index in [1.165, 1.54) is 25.7 Å². The highest BCUT2D eigenvalue weighted by molar-refractivity contribution is 5.78. The molecule has 2 heteroatoms. The van der Waals surface area contributed by atoms with E-state index in [1.807, 2.05) is 0 Å². The Kier molecular flexibility index (Phi) is 4.01. The highest BCUT2D eigenvalue weighted by Gasteiger charge is 2.28. The van der Waals surface area contributed by atoms with E-state index in [0.717, 1.165) is 37.9 Å². The number of nitrogens with zero attached hydrogens (tertiary/aromatic N) is 1. The van der Waals surface area contributed by atoms with Crippen molar-refractivity contribution in [2.45, 2.75) is 58.4 Å². The Balaban J connectivity index is 1.78. The largest absolute Gasteiger partial charge is 0.300 e. The quantitative estimate of drug-likeness (QED) is 0.717. The van der Waals surface area contributed by atoms with Crippen molar-refractivity contribution in [1.29, 1.82) is 0 Å². The van der Waals surface area contributed by atoms with E-state index < -0.39 is 0 Å². The molecule has 16 heavy (non-hydrogen) atoms. The second-order valence-corrected chi connectivity index (χ2v) is 5.83. The molecule has 1 saturated carbocycles. The van der Waals surface area contributed by atoms with E-state index in [2.05, 4.69) is 11.8 Å². The zero-order valence-corrected chi connectivity index (χ0v) is 10.7. The van der Waals surface area contributed by atoms with Crippen LogP contribution in [0.3, 0.4) is 0 Å². The van der Waals surface area contributed by atoms with Gasteiger partial charge in [-0.15, -0.1) is 0 Å². The Morgan fingerprint density at radius 2 is 1.56 bits per heavy atom. The molecule has 2 fully saturated rings. The van der Waals surface area contributed by atoms with E-state index in [0.29, 0.717) is 11.7 Å². The maximum Gasteiger partial charge on any atom is 0.133 e. The molecule has 2 nitrogen and oxygen atoms in total. The van der Waals surface area contributed by atoms with E-state index in [4.69, 9.17) is 0 Å². The van der Waals surface area contributed by atoms with E-state index in [9.17, 15) is 4.79 Å². The first kappa shape index (κ1) is 12.1. The van der Waals surface area contributed by atoms with Gasteiger partial charge in [-0.05, 0) is 64.5 Å². The predicted molar refractivity (Wildman–Crippen MR) is 66.4 cm³/mol. The first-order valence-corrected chi connectivity index (χ1v) is 6.91. The number of carbonyl (C=O) groups excluding carboxylic acids is 1. The second kappa shape index (κ2) is 5.31. The molecule has 0 aromatic rings. The molecule has 2 rings (SSSR count). The van der Waals surface area contributed by atoms with Gasteiger partial charge < -0.3 is 4.90 Å². The number of carbonyl (C=O) groups is 1. The number of ketones is 1. The molecule has 1 aliphatic heterocycles. The number of piperidine rings is 1. The number of hydrogen-bond acceptors (Lipinski definition) is 2. The van der Waals surface area contributed by atoms with E-state index in [1.54, 1.807) is 6.92 Å². The van der Waals surface area contributed by atoms with Gasteiger partial charge in [0, 0.05) is 12.0 Å². The third kappa shape index (κ3) is 2.85. The molecule has 1 aliphatic carbocycles. The maximum absolute atomic E-state index is 11.3. The van der Waals surface area contributed by atoms with Crippen LogP contribution in [0.25, 0.3) is 0 Å². The standard InChI is InChI=1S/C14H25NO/c1-11-3-5-14(6-4-11)15-9-7-13(8-10-15)12(2)16/h11,13-14H,3-10H2,1-2H3. The fourth-order valence-electron chi connectivity index (χ4n) is 3.28. The molecule has 0 unspecified atom stereocenters. The summed E-state index contributed by atoms with van der Waals surface area (Å²) < 4.78 is 0. The summed E-state index contributed by atoms with van der Waals surface area (Å²) in [6, 6.07) is 0.823. The smallest absolute Gasteiger partial charge is 0.133 e. The molecule has 0 bridgehead atoms. The Morgan fingerprint density at radius 3 is 2.06 bits per heavy atom. The Morgan fingerprint density at radius 1 is 1.00 bits per heavy atom. The lowest BCUT2D eigenvalue weighted by atomic mass is 9.84. The molecule has 1 heterocycles. The van der Waals surface area contributed by atoms with Gasteiger partial charge in [0.15, 0.2) is 0 Å². The summed E-state index contributed by atoms with van der Waals surface area (Å²) in [5.41, 5.74) is 0. The van der Waals surface area contributed by atoms with Gasteiger partial charge in [-0.2, -0.15) is 0 Å². The molecular formula is C14H25NO. The zero-order valence-electron chi connectivity index (χ0n) is 10.7. The van der Waals surface area contributed by atoms with Gasteiger partial charge >= 0.3 is 0 Å². The lowest BCUT2D eigenvalue weighted by Crippen LogP contribution is -2.43. The van der Waals surface area contributed by atoms with Crippen molar-refractivity contribution in [1.82, 2.24) is 4.90 Å². The van der Waals surface area contributed by atoms with Crippen molar-refractivity contribution >= 4 is 5.78 Å². The second-order valence-electron chi connectivity index (χ2n) is 5.83. The molecule has 0 radical (unpaired) electrons. The van der Waals surface area contributed by atoms with Gasteiger partial charge in [0.05, 0.1) is 0 Å². The minimum Gasteiger partial charge on any atom is -0.300 e. The fraction of sp³-hybridized carbons (Fsp3) is 0.929. The van der Waals surface area contributed by atoms with Crippen LogP contribution in [0, 0.1) is 11.8 Å². The van der Waals surface area contributed by atoms with Crippen LogP contribution in [0.5, 0.6) is 0 Å². The molecule has 92 valence electrons. The van der Waals surface area contributed by atoms with Crippen LogP contribution in [0.2, 0.25) is 0 Å². The van der Waals surface area contributed by atoms with Gasteiger partial charge in [-0.1, -0.05) is 6.92 Å². The molecule has 0 aromatic carbocycles. The monoisotopic (exact) mass is 223 g/mol. The summed E-state index contributed by atoms with van der Waals surface area (Å²) in [6.07, 6.45) is 7.76. The van der Waals surface area contributed by atoms with Gasteiger partial charge in [-0.25, -0.2) is 0 Å². The van der Waals surface area contributed by atoms with E-state index in [-0.39, 0.29) is 0 Å². The summed E-state index contributed by atoms with van der Waals surface area (Å²) >= 11 is 0. The number of rotatable bonds is 2. The minimum atomic E-state index is 0.360. The number of likely N-dealkylation sites (tertiary alicyclic amines) is 1. The SMILES string of the molecule is CC(=O)C1CCN(C2CCC(C)CC2)CC1. The van der Waals surface area contributed by atoms with Crippen LogP contribution in [0.1, 0.15) is 52.4 Å². The molecule has 0 aromatic heterocycles. The van der Waals surface area contributed by atoms with Crippen molar-refractivity contribution in [3.05, 3.63) is 0 Å². The summed E-state index contributed by atoms with van der Waals surface area (Å²) in [5, 5.41) is 0. The third-order valence-corrected chi connectivity index (χ3v) is 4.61. The van der Waals surface area contributed by atoms with Crippen molar-refractivity contribution in [3.63, 3.8) is 0 Å². The van der Waals surface area contributed by atoms with Gasteiger partial charge in [0.1, 0.15) is 5.78 Å². The summed E-state index contributed by atoms with van der Waals surface area (Å²) in [7, 11) is 0. The minimum absolute atomic E-state index is 0.360.